The second kappa shape index (κ2) is 7.31. The molecule has 0 fully saturated rings. The van der Waals surface area contributed by atoms with E-state index in [1.807, 2.05) is 13.0 Å². The summed E-state index contributed by atoms with van der Waals surface area (Å²) < 4.78 is 0. The molecule has 0 saturated carbocycles. The number of primary amides is 1. The van der Waals surface area contributed by atoms with Crippen LogP contribution in [0.2, 0.25) is 0 Å². The lowest BCUT2D eigenvalue weighted by atomic mass is 10.1. The summed E-state index contributed by atoms with van der Waals surface area (Å²) in [6.07, 6.45) is 0.0920. The van der Waals surface area contributed by atoms with Crippen molar-refractivity contribution in [3.63, 3.8) is 0 Å². The Morgan fingerprint density at radius 2 is 2.10 bits per heavy atom. The van der Waals surface area contributed by atoms with Gasteiger partial charge in [-0.05, 0) is 37.6 Å². The lowest BCUT2D eigenvalue weighted by Gasteiger charge is -2.12. The molecule has 0 aliphatic carbocycles. The molecule has 0 aliphatic heterocycles. The summed E-state index contributed by atoms with van der Waals surface area (Å²) in [5.74, 6) is 4.55. The van der Waals surface area contributed by atoms with Gasteiger partial charge in [0.1, 0.15) is 6.61 Å². The van der Waals surface area contributed by atoms with Crippen molar-refractivity contribution in [3.8, 4) is 11.8 Å². The van der Waals surface area contributed by atoms with Crippen molar-refractivity contribution in [2.24, 2.45) is 5.73 Å². The molecule has 1 aromatic carbocycles. The highest BCUT2D eigenvalue weighted by Gasteiger charge is 2.12. The highest BCUT2D eigenvalue weighted by molar-refractivity contribution is 5.95. The summed E-state index contributed by atoms with van der Waals surface area (Å²) >= 11 is 0. The third-order valence-electron chi connectivity index (χ3n) is 2.54. The number of amides is 2. The summed E-state index contributed by atoms with van der Waals surface area (Å²) in [6.45, 7) is 3.34. The first kappa shape index (κ1) is 15.7. The van der Waals surface area contributed by atoms with E-state index in [-0.39, 0.29) is 25.0 Å². The van der Waals surface area contributed by atoms with Crippen LogP contribution in [0.1, 0.15) is 34.8 Å². The fourth-order valence-corrected chi connectivity index (χ4v) is 1.79. The van der Waals surface area contributed by atoms with Gasteiger partial charge < -0.3 is 16.2 Å². The minimum Gasteiger partial charge on any atom is -0.384 e. The van der Waals surface area contributed by atoms with Crippen molar-refractivity contribution < 1.29 is 14.7 Å². The zero-order valence-electron chi connectivity index (χ0n) is 11.6. The molecule has 4 N–H and O–H groups in total. The van der Waals surface area contributed by atoms with Crippen molar-refractivity contribution in [1.82, 2.24) is 5.32 Å². The molecular weight excluding hydrogens is 256 g/mol. The van der Waals surface area contributed by atoms with E-state index < -0.39 is 5.91 Å². The lowest BCUT2D eigenvalue weighted by molar-refractivity contribution is -0.118. The summed E-state index contributed by atoms with van der Waals surface area (Å²) in [7, 11) is 0. The molecule has 1 atom stereocenters. The van der Waals surface area contributed by atoms with E-state index in [0.717, 1.165) is 5.56 Å². The quantitative estimate of drug-likeness (QED) is 0.691. The Hall–Kier alpha value is -2.32. The van der Waals surface area contributed by atoms with Gasteiger partial charge >= 0.3 is 0 Å². The van der Waals surface area contributed by atoms with Gasteiger partial charge in [0, 0.05) is 23.6 Å². The Morgan fingerprint density at radius 1 is 1.40 bits per heavy atom. The monoisotopic (exact) mass is 274 g/mol. The van der Waals surface area contributed by atoms with Crippen molar-refractivity contribution in [1.29, 1.82) is 0 Å². The third-order valence-corrected chi connectivity index (χ3v) is 2.54. The lowest BCUT2D eigenvalue weighted by Crippen LogP contribution is -2.35. The average molecular weight is 274 g/mol. The van der Waals surface area contributed by atoms with Crippen LogP contribution in [-0.2, 0) is 4.79 Å². The number of rotatable bonds is 4. The van der Waals surface area contributed by atoms with Crippen LogP contribution in [0.3, 0.4) is 0 Å². The van der Waals surface area contributed by atoms with E-state index in [4.69, 9.17) is 10.8 Å². The molecule has 5 heteroatoms. The molecule has 5 nitrogen and oxygen atoms in total. The van der Waals surface area contributed by atoms with Crippen LogP contribution in [0.25, 0.3) is 0 Å². The summed E-state index contributed by atoms with van der Waals surface area (Å²) in [6, 6.07) is 4.87. The molecule has 0 bridgehead atoms. The number of nitrogens with one attached hydrogen (secondary N) is 1. The Bertz CT molecular complexity index is 570. The molecule has 1 unspecified atom stereocenters. The zero-order chi connectivity index (χ0) is 15.1. The molecule has 0 aromatic heterocycles. The van der Waals surface area contributed by atoms with Crippen molar-refractivity contribution in [2.45, 2.75) is 26.3 Å². The van der Waals surface area contributed by atoms with E-state index in [2.05, 4.69) is 17.2 Å². The molecule has 106 valence electrons. The number of carbonyl (C=O) groups is 2. The molecule has 0 heterocycles. The number of aliphatic hydroxyl groups excluding tert-OH is 1. The van der Waals surface area contributed by atoms with E-state index in [0.29, 0.717) is 11.1 Å². The van der Waals surface area contributed by atoms with Gasteiger partial charge in [-0.2, -0.15) is 0 Å². The predicted octanol–water partition coefficient (Wildman–Crippen LogP) is 0.333. The molecule has 0 saturated heterocycles. The normalized spacial score (nSPS) is 11.2. The maximum absolute atomic E-state index is 12.1. The van der Waals surface area contributed by atoms with Crippen LogP contribution in [-0.4, -0.2) is 29.6 Å². The van der Waals surface area contributed by atoms with Crippen LogP contribution in [0.4, 0.5) is 0 Å². The molecule has 1 rings (SSSR count). The van der Waals surface area contributed by atoms with E-state index >= 15 is 0 Å². The topological polar surface area (TPSA) is 92.4 Å². The van der Waals surface area contributed by atoms with Gasteiger partial charge in [0.2, 0.25) is 5.91 Å². The van der Waals surface area contributed by atoms with Gasteiger partial charge in [-0.25, -0.2) is 0 Å². The number of benzene rings is 1. The average Bonchev–Trinajstić information content (AvgIpc) is 2.34. The fraction of sp³-hybridized carbons (Fsp3) is 0.333. The molecular formula is C15H18N2O3. The Kier molecular flexibility index (Phi) is 5.75. The first-order valence-corrected chi connectivity index (χ1v) is 6.23. The fourth-order valence-electron chi connectivity index (χ4n) is 1.79. The van der Waals surface area contributed by atoms with Gasteiger partial charge in [0.15, 0.2) is 0 Å². The standard InChI is InChI=1S/C15H18N2O3/c1-10-6-12(4-3-5-18)9-13(7-10)15(20)17-11(2)8-14(16)19/h6-7,9,11,18H,5,8H2,1-2H3,(H2,16,19)(H,17,20). The van der Waals surface area contributed by atoms with Gasteiger partial charge in [-0.15, -0.1) is 0 Å². The molecule has 0 spiro atoms. The van der Waals surface area contributed by atoms with Crippen LogP contribution in [0.5, 0.6) is 0 Å². The minimum atomic E-state index is -0.462. The first-order valence-electron chi connectivity index (χ1n) is 6.23. The summed E-state index contributed by atoms with van der Waals surface area (Å²) in [5, 5.41) is 11.4. The number of hydrogen-bond donors (Lipinski definition) is 3. The molecule has 1 aromatic rings. The first-order chi connectivity index (χ1) is 9.42. The maximum Gasteiger partial charge on any atom is 0.251 e. The summed E-state index contributed by atoms with van der Waals surface area (Å²) in [4.78, 5) is 22.8. The SMILES string of the molecule is Cc1cc(C#CCO)cc(C(=O)NC(C)CC(N)=O)c1. The zero-order valence-corrected chi connectivity index (χ0v) is 11.6. The Labute approximate surface area is 118 Å². The number of aryl methyl sites for hydroxylation is 1. The van der Waals surface area contributed by atoms with Gasteiger partial charge in [0.25, 0.3) is 5.91 Å². The molecule has 0 aliphatic rings. The van der Waals surface area contributed by atoms with E-state index in [1.165, 1.54) is 0 Å². The third kappa shape index (κ3) is 5.12. The predicted molar refractivity (Wildman–Crippen MR) is 75.9 cm³/mol. The largest absolute Gasteiger partial charge is 0.384 e. The molecule has 0 radical (unpaired) electrons. The van der Waals surface area contributed by atoms with Crippen molar-refractivity contribution in [2.75, 3.05) is 6.61 Å². The number of carbonyl (C=O) groups excluding carboxylic acids is 2. The molecule has 20 heavy (non-hydrogen) atoms. The number of aliphatic hydroxyl groups is 1. The molecule has 2 amide bonds. The van der Waals surface area contributed by atoms with Crippen LogP contribution in [0.15, 0.2) is 18.2 Å². The van der Waals surface area contributed by atoms with Crippen LogP contribution >= 0.6 is 0 Å². The van der Waals surface area contributed by atoms with Gasteiger partial charge in [-0.3, -0.25) is 9.59 Å². The Morgan fingerprint density at radius 3 is 2.70 bits per heavy atom. The van der Waals surface area contributed by atoms with E-state index in [1.54, 1.807) is 19.1 Å². The summed E-state index contributed by atoms with van der Waals surface area (Å²) in [5.41, 5.74) is 7.09. The van der Waals surface area contributed by atoms with Crippen LogP contribution in [0, 0.1) is 18.8 Å². The minimum absolute atomic E-state index is 0.0920. The maximum atomic E-state index is 12.1. The second-order valence-corrected chi connectivity index (χ2v) is 4.59. The van der Waals surface area contributed by atoms with Gasteiger partial charge in [0.05, 0.1) is 0 Å². The highest BCUT2D eigenvalue weighted by atomic mass is 16.2. The second-order valence-electron chi connectivity index (χ2n) is 4.59. The van der Waals surface area contributed by atoms with Crippen LogP contribution < -0.4 is 11.1 Å². The highest BCUT2D eigenvalue weighted by Crippen LogP contribution is 2.09. The van der Waals surface area contributed by atoms with Gasteiger partial charge in [-0.1, -0.05) is 11.8 Å². The smallest absolute Gasteiger partial charge is 0.251 e. The number of nitrogens with two attached hydrogens (primary N) is 1. The van der Waals surface area contributed by atoms with Crippen molar-refractivity contribution in [3.05, 3.63) is 34.9 Å². The van der Waals surface area contributed by atoms with E-state index in [9.17, 15) is 9.59 Å². The number of hydrogen-bond acceptors (Lipinski definition) is 3. The van der Waals surface area contributed by atoms with Crippen molar-refractivity contribution >= 4 is 11.8 Å². The Balaban J connectivity index is 2.87.